The second kappa shape index (κ2) is 3.09. The molecular formula is C10H11NOS. The van der Waals surface area contributed by atoms with Gasteiger partial charge >= 0.3 is 0 Å². The topological polar surface area (TPSA) is 33.1 Å². The Labute approximate surface area is 80.9 Å². The minimum absolute atomic E-state index is 0.411. The fraction of sp³-hybridized carbons (Fsp3) is 0.300. The monoisotopic (exact) mass is 193 g/mol. The van der Waals surface area contributed by atoms with Crippen molar-refractivity contribution < 1.29 is 5.11 Å². The van der Waals surface area contributed by atoms with Gasteiger partial charge < -0.3 is 5.11 Å². The second-order valence-corrected chi connectivity index (χ2v) is 4.37. The number of fused-ring (bicyclic) bond motifs is 1. The molecule has 0 radical (unpaired) electrons. The molecule has 2 nitrogen and oxygen atoms in total. The fourth-order valence-electron chi connectivity index (χ4n) is 1.32. The molecule has 3 heteroatoms. The Morgan fingerprint density at radius 1 is 1.46 bits per heavy atom. The molecule has 1 aromatic heterocycles. The van der Waals surface area contributed by atoms with Gasteiger partial charge in [0.15, 0.2) is 0 Å². The summed E-state index contributed by atoms with van der Waals surface area (Å²) in [5, 5.41) is 10.4. The zero-order valence-electron chi connectivity index (χ0n) is 7.61. The Hall–Kier alpha value is -0.930. The first-order valence-corrected chi connectivity index (χ1v) is 5.03. The zero-order chi connectivity index (χ0) is 9.42. The summed E-state index contributed by atoms with van der Waals surface area (Å²) in [6.07, 6.45) is -0.411. The smallest absolute Gasteiger partial charge is 0.0907 e. The average Bonchev–Trinajstić information content (AvgIpc) is 2.42. The zero-order valence-corrected chi connectivity index (χ0v) is 8.43. The van der Waals surface area contributed by atoms with E-state index >= 15 is 0 Å². The summed E-state index contributed by atoms with van der Waals surface area (Å²) in [6.45, 7) is 3.76. The molecule has 1 N–H and O–H groups in total. The molecule has 1 heterocycles. The van der Waals surface area contributed by atoms with Gasteiger partial charge in [-0.05, 0) is 31.5 Å². The summed E-state index contributed by atoms with van der Waals surface area (Å²) in [7, 11) is 0. The Morgan fingerprint density at radius 3 is 2.92 bits per heavy atom. The lowest BCUT2D eigenvalue weighted by Crippen LogP contribution is -1.89. The van der Waals surface area contributed by atoms with Crippen LogP contribution < -0.4 is 0 Å². The summed E-state index contributed by atoms with van der Waals surface area (Å²) in [4.78, 5) is 4.36. The van der Waals surface area contributed by atoms with Crippen molar-refractivity contribution in [2.45, 2.75) is 20.0 Å². The number of benzene rings is 1. The van der Waals surface area contributed by atoms with Crippen molar-refractivity contribution >= 4 is 21.6 Å². The van der Waals surface area contributed by atoms with Gasteiger partial charge in [-0.15, -0.1) is 11.3 Å². The SMILES string of the molecule is Cc1nc2cc([C@H](C)O)ccc2s1. The molecule has 0 amide bonds. The van der Waals surface area contributed by atoms with E-state index in [0.717, 1.165) is 16.1 Å². The average molecular weight is 193 g/mol. The minimum atomic E-state index is -0.411. The third kappa shape index (κ3) is 1.57. The van der Waals surface area contributed by atoms with Crippen molar-refractivity contribution in [3.8, 4) is 0 Å². The van der Waals surface area contributed by atoms with Crippen molar-refractivity contribution in [2.75, 3.05) is 0 Å². The van der Waals surface area contributed by atoms with Crippen LogP contribution in [0.4, 0.5) is 0 Å². The largest absolute Gasteiger partial charge is 0.389 e. The van der Waals surface area contributed by atoms with E-state index in [9.17, 15) is 5.11 Å². The van der Waals surface area contributed by atoms with Crippen molar-refractivity contribution in [3.63, 3.8) is 0 Å². The molecule has 2 rings (SSSR count). The van der Waals surface area contributed by atoms with E-state index in [4.69, 9.17) is 0 Å². The van der Waals surface area contributed by atoms with E-state index in [1.54, 1.807) is 18.3 Å². The second-order valence-electron chi connectivity index (χ2n) is 3.14. The fourth-order valence-corrected chi connectivity index (χ4v) is 2.13. The van der Waals surface area contributed by atoms with Gasteiger partial charge in [-0.3, -0.25) is 0 Å². The first kappa shape index (κ1) is 8.66. The van der Waals surface area contributed by atoms with E-state index in [2.05, 4.69) is 4.98 Å². The normalized spacial score (nSPS) is 13.5. The number of aliphatic hydroxyl groups is 1. The van der Waals surface area contributed by atoms with Gasteiger partial charge in [-0.2, -0.15) is 0 Å². The van der Waals surface area contributed by atoms with Crippen molar-refractivity contribution in [1.29, 1.82) is 0 Å². The Morgan fingerprint density at radius 2 is 2.23 bits per heavy atom. The summed E-state index contributed by atoms with van der Waals surface area (Å²) in [6, 6.07) is 5.91. The number of aromatic nitrogens is 1. The molecule has 0 aliphatic rings. The van der Waals surface area contributed by atoms with Crippen LogP contribution in [0.5, 0.6) is 0 Å². The van der Waals surface area contributed by atoms with Gasteiger partial charge in [-0.1, -0.05) is 6.07 Å². The van der Waals surface area contributed by atoms with Gasteiger partial charge in [0.1, 0.15) is 0 Å². The number of rotatable bonds is 1. The molecule has 0 saturated carbocycles. The maximum Gasteiger partial charge on any atom is 0.0907 e. The van der Waals surface area contributed by atoms with E-state index in [1.807, 2.05) is 25.1 Å². The molecule has 13 heavy (non-hydrogen) atoms. The van der Waals surface area contributed by atoms with Crippen LogP contribution in [-0.2, 0) is 0 Å². The predicted octanol–water partition coefficient (Wildman–Crippen LogP) is 2.66. The molecule has 1 atom stereocenters. The highest BCUT2D eigenvalue weighted by molar-refractivity contribution is 7.18. The third-order valence-electron chi connectivity index (χ3n) is 2.00. The van der Waals surface area contributed by atoms with Gasteiger partial charge in [-0.25, -0.2) is 4.98 Å². The Kier molecular flexibility index (Phi) is 2.06. The number of hydrogen-bond donors (Lipinski definition) is 1. The molecule has 0 unspecified atom stereocenters. The first-order valence-electron chi connectivity index (χ1n) is 4.22. The highest BCUT2D eigenvalue weighted by Crippen LogP contribution is 2.24. The van der Waals surface area contributed by atoms with Gasteiger partial charge in [0.05, 0.1) is 21.3 Å². The summed E-state index contributed by atoms with van der Waals surface area (Å²) in [5.74, 6) is 0. The summed E-state index contributed by atoms with van der Waals surface area (Å²) in [5.41, 5.74) is 1.92. The summed E-state index contributed by atoms with van der Waals surface area (Å²) < 4.78 is 1.18. The third-order valence-corrected chi connectivity index (χ3v) is 2.95. The van der Waals surface area contributed by atoms with Crippen molar-refractivity contribution in [3.05, 3.63) is 28.8 Å². The first-order chi connectivity index (χ1) is 6.16. The lowest BCUT2D eigenvalue weighted by molar-refractivity contribution is 0.199. The number of thiazole rings is 1. The molecular weight excluding hydrogens is 182 g/mol. The van der Waals surface area contributed by atoms with Crippen molar-refractivity contribution in [2.24, 2.45) is 0 Å². The van der Waals surface area contributed by atoms with E-state index in [-0.39, 0.29) is 0 Å². The number of nitrogens with zero attached hydrogens (tertiary/aromatic N) is 1. The van der Waals surface area contributed by atoms with E-state index in [1.165, 1.54) is 4.70 Å². The molecule has 2 aromatic rings. The van der Waals surface area contributed by atoms with Crippen LogP contribution in [0.2, 0.25) is 0 Å². The molecule has 0 saturated heterocycles. The van der Waals surface area contributed by atoms with Crippen LogP contribution in [0, 0.1) is 6.92 Å². The highest BCUT2D eigenvalue weighted by atomic mass is 32.1. The van der Waals surface area contributed by atoms with Crippen LogP contribution in [-0.4, -0.2) is 10.1 Å². The number of aryl methyl sites for hydroxylation is 1. The Balaban J connectivity index is 2.61. The summed E-state index contributed by atoms with van der Waals surface area (Å²) >= 11 is 1.68. The maximum atomic E-state index is 9.37. The van der Waals surface area contributed by atoms with E-state index < -0.39 is 6.10 Å². The molecule has 0 spiro atoms. The van der Waals surface area contributed by atoms with Crippen LogP contribution in [0.25, 0.3) is 10.2 Å². The quantitative estimate of drug-likeness (QED) is 0.755. The highest BCUT2D eigenvalue weighted by Gasteiger charge is 2.04. The number of hydrogen-bond acceptors (Lipinski definition) is 3. The molecule has 0 bridgehead atoms. The number of aliphatic hydroxyl groups excluding tert-OH is 1. The van der Waals surface area contributed by atoms with Crippen molar-refractivity contribution in [1.82, 2.24) is 4.98 Å². The molecule has 0 aliphatic heterocycles. The van der Waals surface area contributed by atoms with E-state index in [0.29, 0.717) is 0 Å². The maximum absolute atomic E-state index is 9.37. The van der Waals surface area contributed by atoms with Gasteiger partial charge in [0.2, 0.25) is 0 Å². The standard InChI is InChI=1S/C10H11NOS/c1-6(12)8-3-4-10-9(5-8)11-7(2)13-10/h3-6,12H,1-2H3/t6-/m0/s1. The van der Waals surface area contributed by atoms with Crippen LogP contribution in [0.1, 0.15) is 23.6 Å². The minimum Gasteiger partial charge on any atom is -0.389 e. The lowest BCUT2D eigenvalue weighted by Gasteiger charge is -2.02. The van der Waals surface area contributed by atoms with Crippen LogP contribution >= 0.6 is 11.3 Å². The van der Waals surface area contributed by atoms with Crippen LogP contribution in [0.3, 0.4) is 0 Å². The van der Waals surface area contributed by atoms with Gasteiger partial charge in [0.25, 0.3) is 0 Å². The molecule has 0 fully saturated rings. The Bertz CT molecular complexity index is 433. The molecule has 1 aromatic carbocycles. The molecule has 68 valence electrons. The predicted molar refractivity (Wildman–Crippen MR) is 55.0 cm³/mol. The van der Waals surface area contributed by atoms with Crippen LogP contribution in [0.15, 0.2) is 18.2 Å². The van der Waals surface area contributed by atoms with Gasteiger partial charge in [0, 0.05) is 0 Å². The molecule has 0 aliphatic carbocycles. The lowest BCUT2D eigenvalue weighted by atomic mass is 10.1.